The van der Waals surface area contributed by atoms with E-state index in [-0.39, 0.29) is 23.5 Å². The molecule has 2 heterocycles. The van der Waals surface area contributed by atoms with Crippen molar-refractivity contribution in [3.8, 4) is 0 Å². The van der Waals surface area contributed by atoms with Gasteiger partial charge in [0.15, 0.2) is 5.03 Å². The number of rotatable bonds is 3. The van der Waals surface area contributed by atoms with Crippen molar-refractivity contribution in [2.45, 2.75) is 23.9 Å². The molecule has 9 heteroatoms. The van der Waals surface area contributed by atoms with Gasteiger partial charge in [-0.15, -0.1) is 17.5 Å². The minimum Gasteiger partial charge on any atom is -0.329 e. The van der Waals surface area contributed by atoms with Crippen molar-refractivity contribution in [1.82, 2.24) is 19.3 Å². The molecule has 17 heavy (non-hydrogen) atoms. The number of nitrogens with zero attached hydrogens (tertiary/aromatic N) is 4. The highest BCUT2D eigenvalue weighted by Gasteiger charge is 2.36. The lowest BCUT2D eigenvalue weighted by Crippen LogP contribution is -2.40. The van der Waals surface area contributed by atoms with E-state index in [4.69, 9.17) is 5.73 Å². The molecule has 0 spiro atoms. The van der Waals surface area contributed by atoms with Crippen molar-refractivity contribution in [3.63, 3.8) is 0 Å². The zero-order chi connectivity index (χ0) is 11.8. The van der Waals surface area contributed by atoms with E-state index in [1.165, 1.54) is 15.2 Å². The number of hydrogen-bond donors (Lipinski definition) is 1. The lowest BCUT2D eigenvalue weighted by Gasteiger charge is -2.22. The first-order valence-electron chi connectivity index (χ1n) is 5.14. The van der Waals surface area contributed by atoms with Crippen LogP contribution in [-0.4, -0.2) is 46.8 Å². The van der Waals surface area contributed by atoms with Crippen LogP contribution in [-0.2, 0) is 17.1 Å². The molecule has 0 radical (unpaired) electrons. The molecule has 98 valence electrons. The van der Waals surface area contributed by atoms with Gasteiger partial charge in [0.05, 0.1) is 6.20 Å². The zero-order valence-corrected chi connectivity index (χ0v) is 11.1. The molecule has 1 aromatic rings. The van der Waals surface area contributed by atoms with E-state index < -0.39 is 10.0 Å². The Hall–Kier alpha value is -0.700. The molecular formula is C8H16ClN5O2S. The summed E-state index contributed by atoms with van der Waals surface area (Å²) in [7, 11) is -1.93. The molecule has 0 aromatic carbocycles. The predicted molar refractivity (Wildman–Crippen MR) is 64.2 cm³/mol. The second-order valence-electron chi connectivity index (χ2n) is 3.84. The summed E-state index contributed by atoms with van der Waals surface area (Å²) in [6, 6.07) is -0.0973. The summed E-state index contributed by atoms with van der Waals surface area (Å²) >= 11 is 0. The van der Waals surface area contributed by atoms with Crippen LogP contribution in [0.15, 0.2) is 11.2 Å². The average molecular weight is 282 g/mol. The molecule has 0 amide bonds. The number of nitrogens with two attached hydrogens (primary N) is 1. The third-order valence-corrected chi connectivity index (χ3v) is 4.84. The van der Waals surface area contributed by atoms with E-state index in [9.17, 15) is 8.42 Å². The first-order valence-corrected chi connectivity index (χ1v) is 6.58. The molecule has 1 aromatic heterocycles. The molecule has 2 rings (SSSR count). The van der Waals surface area contributed by atoms with Crippen LogP contribution >= 0.6 is 12.4 Å². The first kappa shape index (κ1) is 14.4. The van der Waals surface area contributed by atoms with Crippen LogP contribution in [0.5, 0.6) is 0 Å². The normalized spacial score (nSPS) is 21.4. The predicted octanol–water partition coefficient (Wildman–Crippen LogP) is -0.651. The Morgan fingerprint density at radius 2 is 2.29 bits per heavy atom. The van der Waals surface area contributed by atoms with Crippen LogP contribution in [0, 0.1) is 0 Å². The van der Waals surface area contributed by atoms with Crippen molar-refractivity contribution >= 4 is 22.4 Å². The highest BCUT2D eigenvalue weighted by atomic mass is 35.5. The van der Waals surface area contributed by atoms with Crippen LogP contribution < -0.4 is 5.73 Å². The summed E-state index contributed by atoms with van der Waals surface area (Å²) in [5, 5.41) is 7.34. The molecule has 0 aliphatic carbocycles. The lowest BCUT2D eigenvalue weighted by atomic mass is 10.2. The topological polar surface area (TPSA) is 94.1 Å². The Morgan fingerprint density at radius 3 is 2.82 bits per heavy atom. The summed E-state index contributed by atoms with van der Waals surface area (Å²) in [5.74, 6) is 0. The fourth-order valence-corrected chi connectivity index (χ4v) is 3.74. The van der Waals surface area contributed by atoms with Gasteiger partial charge in [-0.1, -0.05) is 5.21 Å². The van der Waals surface area contributed by atoms with Crippen LogP contribution in [0.2, 0.25) is 0 Å². The van der Waals surface area contributed by atoms with Crippen LogP contribution in [0.1, 0.15) is 12.8 Å². The number of hydrogen-bond acceptors (Lipinski definition) is 5. The van der Waals surface area contributed by atoms with Gasteiger partial charge in [-0.2, -0.15) is 4.31 Å². The van der Waals surface area contributed by atoms with Gasteiger partial charge in [0.1, 0.15) is 0 Å². The van der Waals surface area contributed by atoms with Crippen molar-refractivity contribution in [2.75, 3.05) is 13.1 Å². The summed E-state index contributed by atoms with van der Waals surface area (Å²) < 4.78 is 27.2. The summed E-state index contributed by atoms with van der Waals surface area (Å²) in [6.07, 6.45) is 2.94. The first-order chi connectivity index (χ1) is 7.57. The molecule has 1 aliphatic heterocycles. The molecule has 0 bridgehead atoms. The molecule has 1 fully saturated rings. The third-order valence-electron chi connectivity index (χ3n) is 2.84. The van der Waals surface area contributed by atoms with Gasteiger partial charge < -0.3 is 5.73 Å². The SMILES string of the molecule is Cl.Cn1nncc1S(=O)(=O)N1CCCC1CN. The van der Waals surface area contributed by atoms with Crippen LogP contribution in [0.3, 0.4) is 0 Å². The monoisotopic (exact) mass is 281 g/mol. The second kappa shape index (κ2) is 5.30. The van der Waals surface area contributed by atoms with Gasteiger partial charge in [-0.05, 0) is 12.8 Å². The minimum absolute atomic E-state index is 0. The van der Waals surface area contributed by atoms with E-state index in [1.807, 2.05) is 0 Å². The summed E-state index contributed by atoms with van der Waals surface area (Å²) in [6.45, 7) is 0.875. The Morgan fingerprint density at radius 1 is 1.59 bits per heavy atom. The van der Waals surface area contributed by atoms with Crippen LogP contribution in [0.4, 0.5) is 0 Å². The molecular weight excluding hydrogens is 266 g/mol. The average Bonchev–Trinajstić information content (AvgIpc) is 2.85. The highest BCUT2D eigenvalue weighted by Crippen LogP contribution is 2.24. The number of sulfonamides is 1. The van der Waals surface area contributed by atoms with Gasteiger partial charge in [0.2, 0.25) is 0 Å². The van der Waals surface area contributed by atoms with Crippen molar-refractivity contribution in [1.29, 1.82) is 0 Å². The van der Waals surface area contributed by atoms with E-state index >= 15 is 0 Å². The van der Waals surface area contributed by atoms with Gasteiger partial charge in [0.25, 0.3) is 10.0 Å². The van der Waals surface area contributed by atoms with E-state index in [1.54, 1.807) is 7.05 Å². The van der Waals surface area contributed by atoms with Gasteiger partial charge >= 0.3 is 0 Å². The maximum atomic E-state index is 12.3. The standard InChI is InChI=1S/C8H15N5O2S.ClH/c1-12-8(6-10-11-12)16(14,15)13-4-2-3-7(13)5-9;/h6-7H,2-5,9H2,1H3;1H. The zero-order valence-electron chi connectivity index (χ0n) is 9.48. The van der Waals surface area contributed by atoms with Crippen LogP contribution in [0.25, 0.3) is 0 Å². The number of aromatic nitrogens is 3. The Balaban J connectivity index is 0.00000144. The molecule has 1 unspecified atom stereocenters. The second-order valence-corrected chi connectivity index (χ2v) is 5.68. The smallest absolute Gasteiger partial charge is 0.262 e. The lowest BCUT2D eigenvalue weighted by molar-refractivity contribution is 0.388. The van der Waals surface area contributed by atoms with Crippen molar-refractivity contribution in [3.05, 3.63) is 6.20 Å². The third kappa shape index (κ3) is 2.44. The minimum atomic E-state index is -3.50. The Kier molecular flexibility index (Phi) is 4.48. The van der Waals surface area contributed by atoms with E-state index in [2.05, 4.69) is 10.3 Å². The molecule has 2 N–H and O–H groups in total. The fraction of sp³-hybridized carbons (Fsp3) is 0.750. The van der Waals surface area contributed by atoms with Crippen molar-refractivity contribution in [2.24, 2.45) is 12.8 Å². The molecule has 7 nitrogen and oxygen atoms in total. The van der Waals surface area contributed by atoms with Crippen molar-refractivity contribution < 1.29 is 8.42 Å². The maximum Gasteiger partial charge on any atom is 0.262 e. The van der Waals surface area contributed by atoms with E-state index in [0.717, 1.165) is 12.8 Å². The summed E-state index contributed by atoms with van der Waals surface area (Å²) in [4.78, 5) is 0. The highest BCUT2D eigenvalue weighted by molar-refractivity contribution is 7.89. The Labute approximate surface area is 106 Å². The number of aryl methyl sites for hydroxylation is 1. The molecule has 0 saturated carbocycles. The molecule has 1 saturated heterocycles. The molecule has 1 atom stereocenters. The largest absolute Gasteiger partial charge is 0.329 e. The quantitative estimate of drug-likeness (QED) is 0.794. The van der Waals surface area contributed by atoms with E-state index in [0.29, 0.717) is 13.1 Å². The molecule has 1 aliphatic rings. The van der Waals surface area contributed by atoms with Gasteiger partial charge in [-0.3, -0.25) is 0 Å². The van der Waals surface area contributed by atoms with Gasteiger partial charge in [0, 0.05) is 26.2 Å². The Bertz CT molecular complexity index is 474. The fourth-order valence-electron chi connectivity index (χ4n) is 2.00. The van der Waals surface area contributed by atoms with Gasteiger partial charge in [-0.25, -0.2) is 13.1 Å². The summed E-state index contributed by atoms with van der Waals surface area (Å²) in [5.41, 5.74) is 5.57. The maximum absolute atomic E-state index is 12.3. The number of halogens is 1.